The average molecular weight is 348 g/mol. The molecule has 0 aliphatic carbocycles. The molecule has 2 rings (SSSR count). The Kier molecular flexibility index (Phi) is 3.61. The van der Waals surface area contributed by atoms with E-state index in [1.807, 2.05) is 41.0 Å². The van der Waals surface area contributed by atoms with E-state index in [4.69, 9.17) is 0 Å². The van der Waals surface area contributed by atoms with Gasteiger partial charge in [-0.05, 0) is 64.2 Å². The summed E-state index contributed by atoms with van der Waals surface area (Å²) >= 11 is 3.64. The summed E-state index contributed by atoms with van der Waals surface area (Å²) in [4.78, 5) is 1.16. The monoisotopic (exact) mass is 348 g/mol. The number of hydrogen-bond donors (Lipinski definition) is 1. The molecular formula is C12H10FIOS. The lowest BCUT2D eigenvalue weighted by atomic mass is 10.0. The first-order valence-electron chi connectivity index (χ1n) is 4.76. The van der Waals surface area contributed by atoms with Crippen molar-refractivity contribution in [2.24, 2.45) is 0 Å². The van der Waals surface area contributed by atoms with Crippen LogP contribution in [0.25, 0.3) is 0 Å². The third kappa shape index (κ3) is 2.44. The Morgan fingerprint density at radius 2 is 2.12 bits per heavy atom. The maximum Gasteiger partial charge on any atom is 0.124 e. The molecule has 1 aromatic carbocycles. The molecule has 2 aromatic rings. The molecule has 1 unspecified atom stereocenters. The number of aliphatic hydroxyl groups excluding tert-OH is 1. The zero-order valence-corrected chi connectivity index (χ0v) is 11.5. The molecule has 0 saturated heterocycles. The van der Waals surface area contributed by atoms with Gasteiger partial charge < -0.3 is 5.11 Å². The van der Waals surface area contributed by atoms with Gasteiger partial charge in [-0.2, -0.15) is 0 Å². The normalized spacial score (nSPS) is 12.8. The fourth-order valence-corrected chi connectivity index (χ4v) is 3.01. The Hall–Kier alpha value is -0.460. The van der Waals surface area contributed by atoms with Crippen LogP contribution in [0.4, 0.5) is 4.39 Å². The van der Waals surface area contributed by atoms with Crippen LogP contribution in [0.1, 0.15) is 22.1 Å². The number of halogens is 2. The third-order valence-electron chi connectivity index (χ3n) is 2.32. The Balaban J connectivity index is 2.37. The van der Waals surface area contributed by atoms with Crippen molar-refractivity contribution in [3.63, 3.8) is 0 Å². The van der Waals surface area contributed by atoms with E-state index >= 15 is 0 Å². The van der Waals surface area contributed by atoms with E-state index in [9.17, 15) is 9.50 Å². The summed E-state index contributed by atoms with van der Waals surface area (Å²) in [7, 11) is 0. The minimum Gasteiger partial charge on any atom is -0.384 e. The van der Waals surface area contributed by atoms with E-state index < -0.39 is 6.10 Å². The Morgan fingerprint density at radius 1 is 1.38 bits per heavy atom. The van der Waals surface area contributed by atoms with Crippen LogP contribution < -0.4 is 0 Å². The molecule has 1 N–H and O–H groups in total. The first kappa shape index (κ1) is 12.0. The molecule has 0 aliphatic rings. The summed E-state index contributed by atoms with van der Waals surface area (Å²) in [5.74, 6) is -0.276. The van der Waals surface area contributed by atoms with Gasteiger partial charge in [0.2, 0.25) is 0 Å². The van der Waals surface area contributed by atoms with E-state index in [1.165, 1.54) is 12.1 Å². The fraction of sp³-hybridized carbons (Fsp3) is 0.167. The number of hydrogen-bond acceptors (Lipinski definition) is 2. The second-order valence-electron chi connectivity index (χ2n) is 3.56. The van der Waals surface area contributed by atoms with Gasteiger partial charge in [0.05, 0.1) is 0 Å². The number of aryl methyl sites for hydroxylation is 1. The highest BCUT2D eigenvalue weighted by Gasteiger charge is 2.15. The van der Waals surface area contributed by atoms with E-state index in [1.54, 1.807) is 17.4 Å². The van der Waals surface area contributed by atoms with Crippen LogP contribution in [-0.4, -0.2) is 5.11 Å². The van der Waals surface area contributed by atoms with Crippen molar-refractivity contribution in [2.75, 3.05) is 0 Å². The van der Waals surface area contributed by atoms with Crippen LogP contribution in [0.2, 0.25) is 0 Å². The molecule has 0 aliphatic heterocycles. The topological polar surface area (TPSA) is 20.2 Å². The molecule has 1 nitrogen and oxygen atoms in total. The summed E-state index contributed by atoms with van der Waals surface area (Å²) in [5, 5.41) is 12.1. The van der Waals surface area contributed by atoms with Crippen LogP contribution in [0.5, 0.6) is 0 Å². The van der Waals surface area contributed by atoms with Gasteiger partial charge in [-0.1, -0.05) is 6.07 Å². The van der Waals surface area contributed by atoms with Gasteiger partial charge in [-0.25, -0.2) is 4.39 Å². The summed E-state index contributed by atoms with van der Waals surface area (Å²) < 4.78 is 13.7. The summed E-state index contributed by atoms with van der Waals surface area (Å²) in [6.45, 7) is 2.00. The quantitative estimate of drug-likeness (QED) is 0.817. The molecule has 1 atom stereocenters. The molecule has 0 amide bonds. The minimum absolute atomic E-state index is 0.276. The van der Waals surface area contributed by atoms with Crippen LogP contribution in [-0.2, 0) is 0 Å². The average Bonchev–Trinajstić information content (AvgIpc) is 2.64. The smallest absolute Gasteiger partial charge is 0.124 e. The Labute approximate surface area is 111 Å². The zero-order chi connectivity index (χ0) is 11.7. The molecule has 84 valence electrons. The third-order valence-corrected chi connectivity index (χ3v) is 4.14. The molecule has 1 heterocycles. The van der Waals surface area contributed by atoms with Crippen molar-refractivity contribution in [1.82, 2.24) is 0 Å². The minimum atomic E-state index is -0.669. The van der Waals surface area contributed by atoms with Gasteiger partial charge in [-0.3, -0.25) is 0 Å². The fourth-order valence-electron chi connectivity index (χ4n) is 1.51. The van der Waals surface area contributed by atoms with Crippen molar-refractivity contribution >= 4 is 33.9 Å². The molecule has 1 aromatic heterocycles. The lowest BCUT2D eigenvalue weighted by Gasteiger charge is -2.11. The molecule has 0 spiro atoms. The molecule has 0 radical (unpaired) electrons. The molecule has 0 fully saturated rings. The highest BCUT2D eigenvalue weighted by molar-refractivity contribution is 14.1. The van der Waals surface area contributed by atoms with Crippen molar-refractivity contribution in [3.05, 3.63) is 55.0 Å². The molecular weight excluding hydrogens is 338 g/mol. The number of benzene rings is 1. The first-order valence-corrected chi connectivity index (χ1v) is 6.72. The SMILES string of the molecule is Cc1cc(C(O)c2ccc(F)cc2I)cs1. The van der Waals surface area contributed by atoms with Gasteiger partial charge in [0.15, 0.2) is 0 Å². The summed E-state index contributed by atoms with van der Waals surface area (Å²) in [6, 6.07) is 6.39. The largest absolute Gasteiger partial charge is 0.384 e. The highest BCUT2D eigenvalue weighted by Crippen LogP contribution is 2.29. The first-order chi connectivity index (χ1) is 7.58. The van der Waals surface area contributed by atoms with Gasteiger partial charge in [0, 0.05) is 8.45 Å². The van der Waals surface area contributed by atoms with E-state index in [-0.39, 0.29) is 5.82 Å². The van der Waals surface area contributed by atoms with Gasteiger partial charge >= 0.3 is 0 Å². The van der Waals surface area contributed by atoms with Crippen LogP contribution in [0.15, 0.2) is 29.6 Å². The lowest BCUT2D eigenvalue weighted by molar-refractivity contribution is 0.220. The summed E-state index contributed by atoms with van der Waals surface area (Å²) in [6.07, 6.45) is -0.669. The van der Waals surface area contributed by atoms with Crippen molar-refractivity contribution in [2.45, 2.75) is 13.0 Å². The maximum absolute atomic E-state index is 12.9. The molecule has 16 heavy (non-hydrogen) atoms. The Morgan fingerprint density at radius 3 is 2.69 bits per heavy atom. The van der Waals surface area contributed by atoms with Crippen molar-refractivity contribution in [3.8, 4) is 0 Å². The molecule has 0 saturated carbocycles. The molecule has 0 bridgehead atoms. The number of thiophene rings is 1. The highest BCUT2D eigenvalue weighted by atomic mass is 127. The van der Waals surface area contributed by atoms with Crippen molar-refractivity contribution in [1.29, 1.82) is 0 Å². The lowest BCUT2D eigenvalue weighted by Crippen LogP contribution is -2.01. The van der Waals surface area contributed by atoms with E-state index in [0.717, 1.165) is 19.6 Å². The second kappa shape index (κ2) is 4.81. The van der Waals surface area contributed by atoms with Gasteiger partial charge in [0.1, 0.15) is 11.9 Å². The molecule has 4 heteroatoms. The predicted octanol–water partition coefficient (Wildman–Crippen LogP) is 3.88. The number of aliphatic hydroxyl groups is 1. The van der Waals surface area contributed by atoms with Gasteiger partial charge in [0.25, 0.3) is 0 Å². The predicted molar refractivity (Wildman–Crippen MR) is 72.2 cm³/mol. The van der Waals surface area contributed by atoms with Crippen molar-refractivity contribution < 1.29 is 9.50 Å². The Bertz CT molecular complexity index is 509. The zero-order valence-electron chi connectivity index (χ0n) is 8.58. The number of rotatable bonds is 2. The second-order valence-corrected chi connectivity index (χ2v) is 5.84. The van der Waals surface area contributed by atoms with E-state index in [2.05, 4.69) is 0 Å². The summed E-state index contributed by atoms with van der Waals surface area (Å²) in [5.41, 5.74) is 1.62. The standard InChI is InChI=1S/C12H10FIOS/c1-7-4-8(6-16-7)12(15)10-3-2-9(13)5-11(10)14/h2-6,12,15H,1H3. The van der Waals surface area contributed by atoms with Gasteiger partial charge in [-0.15, -0.1) is 11.3 Å². The van der Waals surface area contributed by atoms with Crippen LogP contribution >= 0.6 is 33.9 Å². The maximum atomic E-state index is 12.9. The van der Waals surface area contributed by atoms with E-state index in [0.29, 0.717) is 0 Å². The van der Waals surface area contributed by atoms with Crippen LogP contribution in [0, 0.1) is 16.3 Å². The van der Waals surface area contributed by atoms with Crippen LogP contribution in [0.3, 0.4) is 0 Å².